The van der Waals surface area contributed by atoms with Gasteiger partial charge in [-0.05, 0) is 40.9 Å². The van der Waals surface area contributed by atoms with Gasteiger partial charge in [-0.15, -0.1) is 0 Å². The first-order valence-corrected chi connectivity index (χ1v) is 6.53. The standard InChI is InChI=1S/C14H14BrNO2/c1-10-3-2-4-11(9-10)5-7-16-14(17)12-6-8-18-13(12)15/h2-4,6,8-9H,5,7H2,1H3,(H,16,17). The summed E-state index contributed by atoms with van der Waals surface area (Å²) in [7, 11) is 0. The molecule has 0 saturated heterocycles. The molecular formula is C14H14BrNO2. The Hall–Kier alpha value is -1.55. The Bertz CT molecular complexity index is 548. The van der Waals surface area contributed by atoms with E-state index in [0.29, 0.717) is 16.8 Å². The number of benzene rings is 1. The summed E-state index contributed by atoms with van der Waals surface area (Å²) >= 11 is 3.19. The highest BCUT2D eigenvalue weighted by Crippen LogP contribution is 2.17. The molecule has 1 aromatic carbocycles. The Morgan fingerprint density at radius 3 is 2.89 bits per heavy atom. The van der Waals surface area contributed by atoms with Crippen LogP contribution in [0.1, 0.15) is 21.5 Å². The molecule has 0 spiro atoms. The van der Waals surface area contributed by atoms with Crippen LogP contribution in [0.3, 0.4) is 0 Å². The number of furan rings is 1. The number of halogens is 1. The molecule has 2 aromatic rings. The third kappa shape index (κ3) is 3.23. The molecule has 18 heavy (non-hydrogen) atoms. The number of aryl methyl sites for hydroxylation is 1. The second-order valence-corrected chi connectivity index (χ2v) is 4.82. The lowest BCUT2D eigenvalue weighted by Gasteiger charge is -2.05. The highest BCUT2D eigenvalue weighted by molar-refractivity contribution is 9.10. The number of hydrogen-bond acceptors (Lipinski definition) is 2. The number of carbonyl (C=O) groups is 1. The van der Waals surface area contributed by atoms with Crippen molar-refractivity contribution < 1.29 is 9.21 Å². The molecule has 0 saturated carbocycles. The molecule has 0 atom stereocenters. The number of rotatable bonds is 4. The molecule has 0 aliphatic rings. The topological polar surface area (TPSA) is 42.2 Å². The molecule has 0 unspecified atom stereocenters. The van der Waals surface area contributed by atoms with Crippen molar-refractivity contribution in [2.75, 3.05) is 6.54 Å². The fourth-order valence-corrected chi connectivity index (χ4v) is 2.16. The van der Waals surface area contributed by atoms with Gasteiger partial charge in [0.2, 0.25) is 0 Å². The quantitative estimate of drug-likeness (QED) is 0.941. The van der Waals surface area contributed by atoms with Gasteiger partial charge in [0, 0.05) is 6.54 Å². The third-order valence-corrected chi connectivity index (χ3v) is 3.26. The van der Waals surface area contributed by atoms with Crippen molar-refractivity contribution in [3.63, 3.8) is 0 Å². The van der Waals surface area contributed by atoms with Gasteiger partial charge < -0.3 is 9.73 Å². The normalized spacial score (nSPS) is 10.3. The molecule has 0 bridgehead atoms. The lowest BCUT2D eigenvalue weighted by atomic mass is 10.1. The van der Waals surface area contributed by atoms with Gasteiger partial charge in [0.25, 0.3) is 5.91 Å². The van der Waals surface area contributed by atoms with Crippen LogP contribution in [0, 0.1) is 6.92 Å². The average molecular weight is 308 g/mol. The summed E-state index contributed by atoms with van der Waals surface area (Å²) in [6.07, 6.45) is 2.31. The van der Waals surface area contributed by atoms with Crippen molar-refractivity contribution in [1.29, 1.82) is 0 Å². The average Bonchev–Trinajstić information content (AvgIpc) is 2.75. The van der Waals surface area contributed by atoms with Crippen molar-refractivity contribution in [1.82, 2.24) is 5.32 Å². The van der Waals surface area contributed by atoms with Crippen LogP contribution in [-0.2, 0) is 6.42 Å². The van der Waals surface area contributed by atoms with Gasteiger partial charge in [0.15, 0.2) is 4.67 Å². The van der Waals surface area contributed by atoms with Gasteiger partial charge in [-0.3, -0.25) is 4.79 Å². The predicted octanol–water partition coefficient (Wildman–Crippen LogP) is 3.32. The molecule has 1 N–H and O–H groups in total. The van der Waals surface area contributed by atoms with E-state index in [9.17, 15) is 4.79 Å². The highest BCUT2D eigenvalue weighted by Gasteiger charge is 2.11. The molecule has 4 heteroatoms. The number of nitrogens with one attached hydrogen (secondary N) is 1. The van der Waals surface area contributed by atoms with E-state index in [4.69, 9.17) is 4.42 Å². The fraction of sp³-hybridized carbons (Fsp3) is 0.214. The van der Waals surface area contributed by atoms with Gasteiger partial charge in [-0.2, -0.15) is 0 Å². The molecule has 0 radical (unpaired) electrons. The van der Waals surface area contributed by atoms with E-state index in [1.54, 1.807) is 6.07 Å². The summed E-state index contributed by atoms with van der Waals surface area (Å²) < 4.78 is 5.49. The van der Waals surface area contributed by atoms with Gasteiger partial charge in [-0.1, -0.05) is 29.8 Å². The summed E-state index contributed by atoms with van der Waals surface area (Å²) in [5, 5.41) is 2.86. The number of carbonyl (C=O) groups excluding carboxylic acids is 1. The van der Waals surface area contributed by atoms with Crippen LogP contribution in [0.5, 0.6) is 0 Å². The molecule has 1 heterocycles. The fourth-order valence-electron chi connectivity index (χ4n) is 1.74. The van der Waals surface area contributed by atoms with E-state index >= 15 is 0 Å². The molecule has 3 nitrogen and oxygen atoms in total. The maximum absolute atomic E-state index is 11.8. The van der Waals surface area contributed by atoms with Gasteiger partial charge >= 0.3 is 0 Å². The smallest absolute Gasteiger partial charge is 0.255 e. The van der Waals surface area contributed by atoms with E-state index in [0.717, 1.165) is 6.42 Å². The number of amides is 1. The van der Waals surface area contributed by atoms with Crippen LogP contribution < -0.4 is 5.32 Å². The van der Waals surface area contributed by atoms with Crippen molar-refractivity contribution in [2.45, 2.75) is 13.3 Å². The lowest BCUT2D eigenvalue weighted by Crippen LogP contribution is -2.25. The summed E-state index contributed by atoms with van der Waals surface area (Å²) in [6.45, 7) is 2.67. The van der Waals surface area contributed by atoms with E-state index in [1.807, 2.05) is 6.07 Å². The van der Waals surface area contributed by atoms with Crippen molar-refractivity contribution in [3.05, 3.63) is 58.0 Å². The monoisotopic (exact) mass is 307 g/mol. The van der Waals surface area contributed by atoms with Gasteiger partial charge in [0.05, 0.1) is 11.8 Å². The third-order valence-electron chi connectivity index (χ3n) is 2.64. The van der Waals surface area contributed by atoms with Crippen molar-refractivity contribution in [2.24, 2.45) is 0 Å². The second-order valence-electron chi connectivity index (χ2n) is 4.10. The Labute approximate surface area is 114 Å². The van der Waals surface area contributed by atoms with E-state index < -0.39 is 0 Å². The zero-order chi connectivity index (χ0) is 13.0. The first-order chi connectivity index (χ1) is 8.66. The Morgan fingerprint density at radius 2 is 2.22 bits per heavy atom. The minimum atomic E-state index is -0.122. The molecule has 94 valence electrons. The second kappa shape index (κ2) is 5.87. The Kier molecular flexibility index (Phi) is 4.20. The molecule has 0 fully saturated rings. The summed E-state index contributed by atoms with van der Waals surface area (Å²) in [6, 6.07) is 9.92. The molecule has 2 rings (SSSR count). The van der Waals surface area contributed by atoms with Crippen molar-refractivity contribution >= 4 is 21.8 Å². The van der Waals surface area contributed by atoms with Crippen LogP contribution in [0.4, 0.5) is 0 Å². The predicted molar refractivity (Wildman–Crippen MR) is 73.6 cm³/mol. The lowest BCUT2D eigenvalue weighted by molar-refractivity contribution is 0.0952. The van der Waals surface area contributed by atoms with Crippen LogP contribution in [0.15, 0.2) is 45.7 Å². The van der Waals surface area contributed by atoms with Crippen LogP contribution >= 0.6 is 15.9 Å². The zero-order valence-corrected chi connectivity index (χ0v) is 11.7. The van der Waals surface area contributed by atoms with Crippen LogP contribution in [0.25, 0.3) is 0 Å². The minimum absolute atomic E-state index is 0.122. The SMILES string of the molecule is Cc1cccc(CCNC(=O)c2ccoc2Br)c1. The van der Waals surface area contributed by atoms with Gasteiger partial charge in [-0.25, -0.2) is 0 Å². The number of hydrogen-bond donors (Lipinski definition) is 1. The summed E-state index contributed by atoms with van der Waals surface area (Å²) in [5.41, 5.74) is 2.98. The first-order valence-electron chi connectivity index (χ1n) is 5.73. The first kappa shape index (κ1) is 12.9. The molecule has 0 aliphatic carbocycles. The van der Waals surface area contributed by atoms with E-state index in [2.05, 4.69) is 46.4 Å². The highest BCUT2D eigenvalue weighted by atomic mass is 79.9. The van der Waals surface area contributed by atoms with Crippen LogP contribution in [0.2, 0.25) is 0 Å². The minimum Gasteiger partial charge on any atom is -0.457 e. The molecule has 0 aliphatic heterocycles. The zero-order valence-electron chi connectivity index (χ0n) is 10.1. The summed E-state index contributed by atoms with van der Waals surface area (Å²) in [4.78, 5) is 11.8. The van der Waals surface area contributed by atoms with Gasteiger partial charge in [0.1, 0.15) is 0 Å². The Balaban J connectivity index is 1.86. The van der Waals surface area contributed by atoms with Crippen LogP contribution in [-0.4, -0.2) is 12.5 Å². The van der Waals surface area contributed by atoms with E-state index in [1.165, 1.54) is 17.4 Å². The van der Waals surface area contributed by atoms with Crippen molar-refractivity contribution in [3.8, 4) is 0 Å². The molecular weight excluding hydrogens is 294 g/mol. The maximum Gasteiger partial charge on any atom is 0.255 e. The maximum atomic E-state index is 11.8. The summed E-state index contributed by atoms with van der Waals surface area (Å²) in [5.74, 6) is -0.122. The largest absolute Gasteiger partial charge is 0.457 e. The molecule has 1 aromatic heterocycles. The Morgan fingerprint density at radius 1 is 1.39 bits per heavy atom. The molecule has 1 amide bonds. The van der Waals surface area contributed by atoms with E-state index in [-0.39, 0.29) is 5.91 Å².